The molecule has 4 fully saturated rings. The summed E-state index contributed by atoms with van der Waals surface area (Å²) in [5.41, 5.74) is 28.4. The number of aryl methyl sites for hydroxylation is 2. The second-order valence-corrected chi connectivity index (χ2v) is 32.9. The maximum atomic E-state index is 4.32. The average molecular weight is 1180 g/mol. The van der Waals surface area contributed by atoms with Crippen molar-refractivity contribution in [2.45, 2.75) is 13.8 Å². The molecule has 0 atom stereocenters. The molecule has 10 heterocycles. The SMILES string of the molecule is Cc1ccc2c(c1)c1cccc3c1n2-c1ccccc1B3c1ccccc1.Cc1ccc2c3cccc4c3n(c2c1)-c1ccccc1B4c1ccccc1.[BH2-]1B2B3B1P23(Nc1ccccc1)c1cccc2c1c1cccc3c1n2-c1ccccc1B3c1ccccc1. The monoisotopic (exact) mass is 1180 g/mol. The van der Waals surface area contributed by atoms with Crippen molar-refractivity contribution < 1.29 is 0 Å². The van der Waals surface area contributed by atoms with Crippen LogP contribution in [-0.2, 0) is 0 Å². The van der Waals surface area contributed by atoms with Crippen LogP contribution in [0.3, 0.4) is 0 Å². The van der Waals surface area contributed by atoms with Gasteiger partial charge in [0, 0.05) is 44.0 Å². The first-order valence-electron chi connectivity index (χ1n) is 33.2. The molecule has 2 bridgehead atoms. The summed E-state index contributed by atoms with van der Waals surface area (Å²) < 4.78 is 7.54. The fraction of sp³-hybridized carbons (Fsp3) is 0.0250. The standard InChI is InChI=1S/C30H23B5N2P.2C25H18BN/c1-3-11-21(12-4-1)32-24-16-7-8-18-26(24)37-27-19-10-20-28(29(27)23-15-9-17-25(32)30(23)37)38(33-31-34(38)35(33)38)36-22-13-5-2-6-14-22;1-17-14-15-19-20-10-7-12-22-25(20)27(24(19)16-17)23-13-6-5-11-21(23)26(22)18-8-3-2-4-9-18;1-17-14-15-23-20(16-17)19-10-7-12-22-25(19)27(23)24-13-6-5-11-21(24)26(22)18-8-3-2-4-9-18/h1-20,36H,31H2;2*2-16H,1H3/q-1;;. The minimum atomic E-state index is -2.07. The Morgan fingerprint density at radius 3 is 1.23 bits per heavy atom. The van der Waals surface area contributed by atoms with Crippen LogP contribution in [0.25, 0.3) is 82.5 Å². The summed E-state index contributed by atoms with van der Waals surface area (Å²) in [5.74, 6) is 0. The van der Waals surface area contributed by atoms with Crippen molar-refractivity contribution in [1.29, 1.82) is 0 Å². The Morgan fingerprint density at radius 1 is 0.315 bits per heavy atom. The number of para-hydroxylation sites is 7. The predicted molar refractivity (Wildman–Crippen MR) is 408 cm³/mol. The number of nitrogens with one attached hydrogen (secondary N) is 1. The summed E-state index contributed by atoms with van der Waals surface area (Å²) in [4.78, 5) is 0. The maximum absolute atomic E-state index is 4.32. The molecule has 16 aromatic rings. The van der Waals surface area contributed by atoms with Crippen LogP contribution < -0.4 is 59.6 Å². The molecule has 7 aliphatic rings. The molecule has 1 N–H and O–H groups in total. The van der Waals surface area contributed by atoms with Gasteiger partial charge in [0.2, 0.25) is 13.4 Å². The molecule has 3 aromatic heterocycles. The van der Waals surface area contributed by atoms with Gasteiger partial charge in [-0.15, -0.1) is 0 Å². The minimum absolute atomic E-state index is 0.211. The van der Waals surface area contributed by atoms with E-state index in [2.05, 4.69) is 336 Å². The van der Waals surface area contributed by atoms with Crippen molar-refractivity contribution in [2.75, 3.05) is 5.09 Å². The van der Waals surface area contributed by atoms with Crippen molar-refractivity contribution in [3.8, 4) is 17.1 Å². The summed E-state index contributed by atoms with van der Waals surface area (Å²) >= 11 is 0. The number of benzene rings is 13. The molecular formula is C80H59B7N4P-. The number of anilines is 1. The second kappa shape index (κ2) is 19.5. The van der Waals surface area contributed by atoms with Crippen molar-refractivity contribution in [2.24, 2.45) is 0 Å². The fourth-order valence-electron chi connectivity index (χ4n) is 19.3. The Morgan fingerprint density at radius 2 is 0.717 bits per heavy atom. The number of rotatable bonds is 6. The quantitative estimate of drug-likeness (QED) is 0.130. The summed E-state index contributed by atoms with van der Waals surface area (Å²) in [6.45, 7) is 5.13. The van der Waals surface area contributed by atoms with E-state index < -0.39 is 6.39 Å². The molecule has 7 aliphatic heterocycles. The van der Waals surface area contributed by atoms with E-state index in [9.17, 15) is 0 Å². The number of nitrogens with zero attached hydrogens (tertiary/aromatic N) is 3. The van der Waals surface area contributed by atoms with Crippen LogP contribution in [0, 0.1) is 13.8 Å². The molecule has 0 radical (unpaired) electrons. The van der Waals surface area contributed by atoms with Crippen LogP contribution >= 0.6 is 6.39 Å². The van der Waals surface area contributed by atoms with E-state index in [4.69, 9.17) is 0 Å². The number of fused-ring (bicyclic) bond motifs is 15. The predicted octanol–water partition coefficient (Wildman–Crippen LogP) is 11.0. The van der Waals surface area contributed by atoms with Crippen LogP contribution in [0.4, 0.5) is 5.69 Å². The Hall–Kier alpha value is -10.1. The van der Waals surface area contributed by atoms with E-state index in [-0.39, 0.29) is 27.2 Å². The van der Waals surface area contributed by atoms with Crippen LogP contribution in [0.2, 0.25) is 0 Å². The van der Waals surface area contributed by atoms with Gasteiger partial charge in [0.15, 0.2) is 0 Å². The molecule has 0 unspecified atom stereocenters. The second-order valence-electron chi connectivity index (χ2n) is 27.3. The van der Waals surface area contributed by atoms with Gasteiger partial charge in [-0.1, -0.05) is 168 Å². The molecular weight excluding hydrogens is 1120 g/mol. The van der Waals surface area contributed by atoms with E-state index in [1.54, 1.807) is 5.30 Å². The van der Waals surface area contributed by atoms with Crippen molar-refractivity contribution >= 4 is 178 Å². The van der Waals surface area contributed by atoms with E-state index >= 15 is 0 Å². The van der Waals surface area contributed by atoms with Crippen LogP contribution in [-0.4, -0.2) is 59.5 Å². The van der Waals surface area contributed by atoms with Crippen molar-refractivity contribution in [3.05, 3.63) is 314 Å². The molecule has 4 saturated heterocycles. The Balaban J connectivity index is 0.0000000980. The third kappa shape index (κ3) is 6.99. The van der Waals surface area contributed by atoms with Gasteiger partial charge in [-0.2, -0.15) is 0 Å². The first kappa shape index (κ1) is 52.7. The first-order chi connectivity index (χ1) is 45.5. The van der Waals surface area contributed by atoms with Gasteiger partial charge in [0.05, 0.1) is 11.0 Å². The van der Waals surface area contributed by atoms with E-state index in [0.29, 0.717) is 0 Å². The van der Waals surface area contributed by atoms with Gasteiger partial charge < -0.3 is 9.13 Å². The molecule has 23 rings (SSSR count). The molecule has 12 heteroatoms. The van der Waals surface area contributed by atoms with Crippen molar-refractivity contribution in [1.82, 2.24) is 13.7 Å². The Kier molecular flexibility index (Phi) is 11.2. The number of hydrogen-bond acceptors (Lipinski definition) is 1. The molecule has 0 spiro atoms. The number of aromatic nitrogens is 3. The van der Waals surface area contributed by atoms with Gasteiger partial charge in [-0.25, -0.2) is 0 Å². The third-order valence-electron chi connectivity index (χ3n) is 23.1. The zero-order valence-corrected chi connectivity index (χ0v) is 52.5. The fourth-order valence-corrected chi connectivity index (χ4v) is 29.7. The topological polar surface area (TPSA) is 26.8 Å². The average Bonchev–Trinajstić information content (AvgIpc) is 1.36. The zero-order valence-electron chi connectivity index (χ0n) is 51.6. The summed E-state index contributed by atoms with van der Waals surface area (Å²) in [6, 6.07) is 112. The molecule has 0 amide bonds. The normalized spacial score (nSPS) is 15.3. The van der Waals surface area contributed by atoms with Gasteiger partial charge in [-0.05, 0) is 71.6 Å². The van der Waals surface area contributed by atoms with Crippen LogP contribution in [0.5, 0.6) is 0 Å². The molecule has 92 heavy (non-hydrogen) atoms. The molecule has 4 nitrogen and oxygen atoms in total. The zero-order chi connectivity index (χ0) is 60.6. The van der Waals surface area contributed by atoms with E-state index in [1.807, 2.05) is 0 Å². The summed E-state index contributed by atoms with van der Waals surface area (Å²) in [6.07, 6.45) is 0.903. The summed E-state index contributed by atoms with van der Waals surface area (Å²) in [5, 5.41) is 14.3. The van der Waals surface area contributed by atoms with Gasteiger partial charge >= 0.3 is 225 Å². The third-order valence-corrected chi connectivity index (χ3v) is 31.6. The van der Waals surface area contributed by atoms with Gasteiger partial charge in [-0.3, -0.25) is 0 Å². The number of hydrogen-bond donors (Lipinski definition) is 1. The van der Waals surface area contributed by atoms with Gasteiger partial charge in [0.1, 0.15) is 0 Å². The molecule has 0 aliphatic carbocycles. The summed E-state index contributed by atoms with van der Waals surface area (Å²) in [7, 11) is 0.211. The van der Waals surface area contributed by atoms with Crippen LogP contribution in [0.1, 0.15) is 11.1 Å². The molecule has 13 aromatic carbocycles. The van der Waals surface area contributed by atoms with Crippen molar-refractivity contribution in [3.63, 3.8) is 0 Å². The van der Waals surface area contributed by atoms with E-state index in [1.165, 1.54) is 148 Å². The van der Waals surface area contributed by atoms with Crippen LogP contribution in [0.15, 0.2) is 303 Å². The molecule has 426 valence electrons. The first-order valence-corrected chi connectivity index (χ1v) is 35.7. The van der Waals surface area contributed by atoms with E-state index in [0.717, 1.165) is 18.6 Å². The Labute approximate surface area is 538 Å². The molecule has 0 saturated carbocycles. The Bertz CT molecular complexity index is 5700. The van der Waals surface area contributed by atoms with Gasteiger partial charge in [0.25, 0.3) is 0 Å².